The molecule has 0 amide bonds. The second kappa shape index (κ2) is 8.62. The van der Waals surface area contributed by atoms with E-state index in [4.69, 9.17) is 23.7 Å². The first-order valence-electron chi connectivity index (χ1n) is 10.5. The first kappa shape index (κ1) is 25.7. The van der Waals surface area contributed by atoms with Crippen LogP contribution in [0.3, 0.4) is 0 Å². The molecule has 15 heteroatoms. The minimum atomic E-state index is -5.80. The topological polar surface area (TPSA) is 107 Å². The molecule has 2 unspecified atom stereocenters. The van der Waals surface area contributed by atoms with Gasteiger partial charge in [0.1, 0.15) is 6.10 Å². The van der Waals surface area contributed by atoms with Gasteiger partial charge in [-0.2, -0.15) is 26.3 Å². The van der Waals surface area contributed by atoms with Crippen LogP contribution in [0.1, 0.15) is 32.6 Å². The van der Waals surface area contributed by atoms with Crippen molar-refractivity contribution in [1.82, 2.24) is 0 Å². The van der Waals surface area contributed by atoms with Crippen molar-refractivity contribution >= 4 is 17.9 Å². The highest BCUT2D eigenvalue weighted by molar-refractivity contribution is 5.90. The molecule has 0 N–H and O–H groups in total. The van der Waals surface area contributed by atoms with Crippen molar-refractivity contribution in [2.75, 3.05) is 0 Å². The number of hydrogen-bond donors (Lipinski definition) is 0. The molecule has 0 aromatic heterocycles. The average molecular weight is 518 g/mol. The van der Waals surface area contributed by atoms with Crippen LogP contribution in [0.4, 0.5) is 26.3 Å². The molecule has 1 aliphatic carbocycles. The summed E-state index contributed by atoms with van der Waals surface area (Å²) in [6.45, 7) is 4.81. The molecule has 3 saturated heterocycles. The number of carbonyl (C=O) groups is 3. The average Bonchev–Trinajstić information content (AvgIpc) is 3.33. The molecular formula is C20H20F6O9. The van der Waals surface area contributed by atoms with Crippen LogP contribution in [0.15, 0.2) is 12.2 Å². The standard InChI is InChI=1S/C20H20F6O9/c1-7(2)13(27)31-11-9-10(30-15(11)29)12-16(32-9)35-18(34-12)5-3-8(4-6-18)14(28)33-17(19(21,22)23)20(24,25)26/h8-12,16-17H,1,3-6H2,2H3/t8?,9-,10?,11-,12+,16?,18?/m0/s1. The van der Waals surface area contributed by atoms with Crippen LogP contribution in [-0.4, -0.2) is 72.9 Å². The van der Waals surface area contributed by atoms with E-state index in [2.05, 4.69) is 11.3 Å². The largest absolute Gasteiger partial charge is 0.454 e. The Kier molecular flexibility index (Phi) is 6.33. The molecule has 3 aliphatic heterocycles. The summed E-state index contributed by atoms with van der Waals surface area (Å²) in [7, 11) is 0. The normalized spacial score (nSPS) is 36.6. The predicted octanol–water partition coefficient (Wildman–Crippen LogP) is 2.46. The summed E-state index contributed by atoms with van der Waals surface area (Å²) in [5.74, 6) is -5.88. The van der Waals surface area contributed by atoms with Gasteiger partial charge in [-0.25, -0.2) is 9.59 Å². The Morgan fingerprint density at radius 1 is 1.03 bits per heavy atom. The van der Waals surface area contributed by atoms with Crippen molar-refractivity contribution in [3.8, 4) is 0 Å². The molecular weight excluding hydrogens is 498 g/mol. The highest BCUT2D eigenvalue weighted by Gasteiger charge is 2.66. The van der Waals surface area contributed by atoms with E-state index in [1.165, 1.54) is 6.92 Å². The summed E-state index contributed by atoms with van der Waals surface area (Å²) in [4.78, 5) is 35.9. The van der Waals surface area contributed by atoms with Crippen molar-refractivity contribution in [1.29, 1.82) is 0 Å². The highest BCUT2D eigenvalue weighted by Crippen LogP contribution is 2.49. The van der Waals surface area contributed by atoms with Crippen LogP contribution < -0.4 is 0 Å². The number of hydrogen-bond acceptors (Lipinski definition) is 9. The Balaban J connectivity index is 1.34. The van der Waals surface area contributed by atoms with E-state index in [0.717, 1.165) is 0 Å². The predicted molar refractivity (Wildman–Crippen MR) is 95.9 cm³/mol. The SMILES string of the molecule is C=C(C)C(=O)O[C@@H]1C(=O)OC2[C@H]3OC4(CCC(C(=O)OC(C(F)(F)F)C(F)(F)F)CC4)OC3O[C@@H]21. The van der Waals surface area contributed by atoms with Crippen molar-refractivity contribution in [3.05, 3.63) is 12.2 Å². The summed E-state index contributed by atoms with van der Waals surface area (Å²) in [6, 6.07) is 0. The molecule has 1 saturated carbocycles. The van der Waals surface area contributed by atoms with E-state index in [1.54, 1.807) is 0 Å². The molecule has 0 aromatic carbocycles. The minimum absolute atomic E-state index is 0.0537. The zero-order valence-electron chi connectivity index (χ0n) is 18.0. The lowest BCUT2D eigenvalue weighted by Crippen LogP contribution is -2.47. The number of esters is 3. The van der Waals surface area contributed by atoms with Gasteiger partial charge < -0.3 is 28.4 Å². The Morgan fingerprint density at radius 2 is 1.63 bits per heavy atom. The number of halogens is 6. The summed E-state index contributed by atoms with van der Waals surface area (Å²) in [6.07, 6.45) is -21.6. The van der Waals surface area contributed by atoms with Gasteiger partial charge in [0, 0.05) is 18.4 Å². The second-order valence-electron chi connectivity index (χ2n) is 8.76. The second-order valence-corrected chi connectivity index (χ2v) is 8.76. The van der Waals surface area contributed by atoms with Crippen LogP contribution in [0.5, 0.6) is 0 Å². The summed E-state index contributed by atoms with van der Waals surface area (Å²) in [5, 5.41) is 0. The summed E-state index contributed by atoms with van der Waals surface area (Å²) in [5.41, 5.74) is 0.0537. The van der Waals surface area contributed by atoms with Crippen LogP contribution in [0, 0.1) is 5.92 Å². The van der Waals surface area contributed by atoms with Gasteiger partial charge in [0.25, 0.3) is 6.10 Å². The molecule has 9 nitrogen and oxygen atoms in total. The fraction of sp³-hybridized carbons (Fsp3) is 0.750. The lowest BCUT2D eigenvalue weighted by atomic mass is 9.85. The monoisotopic (exact) mass is 518 g/mol. The van der Waals surface area contributed by atoms with E-state index in [-0.39, 0.29) is 31.3 Å². The van der Waals surface area contributed by atoms with Crippen molar-refractivity contribution < 1.29 is 69.1 Å². The number of ether oxygens (including phenoxy) is 6. The smallest absolute Gasteiger partial charge is 0.434 e. The first-order chi connectivity index (χ1) is 16.1. The number of alkyl halides is 6. The van der Waals surface area contributed by atoms with Gasteiger partial charge in [0.05, 0.1) is 5.92 Å². The number of rotatable bonds is 4. The first-order valence-corrected chi connectivity index (χ1v) is 10.5. The van der Waals surface area contributed by atoms with Crippen LogP contribution in [-0.2, 0) is 42.8 Å². The van der Waals surface area contributed by atoms with E-state index in [0.29, 0.717) is 0 Å². The number of carbonyl (C=O) groups excluding carboxylic acids is 3. The molecule has 0 radical (unpaired) electrons. The molecule has 196 valence electrons. The molecule has 0 bridgehead atoms. The zero-order valence-corrected chi connectivity index (χ0v) is 18.0. The lowest BCUT2D eigenvalue weighted by Gasteiger charge is -2.36. The maximum atomic E-state index is 12.7. The quantitative estimate of drug-likeness (QED) is 0.240. The maximum absolute atomic E-state index is 12.7. The van der Waals surface area contributed by atoms with Crippen molar-refractivity contribution in [2.24, 2.45) is 5.92 Å². The third-order valence-corrected chi connectivity index (χ3v) is 6.16. The van der Waals surface area contributed by atoms with E-state index >= 15 is 0 Å². The zero-order chi connectivity index (χ0) is 25.9. The fourth-order valence-corrected chi connectivity index (χ4v) is 4.46. The van der Waals surface area contributed by atoms with Crippen molar-refractivity contribution in [2.45, 2.75) is 87.6 Å². The molecule has 3 heterocycles. The van der Waals surface area contributed by atoms with Gasteiger partial charge in [-0.15, -0.1) is 0 Å². The highest BCUT2D eigenvalue weighted by atomic mass is 19.4. The Bertz CT molecular complexity index is 894. The molecule has 4 fully saturated rings. The van der Waals surface area contributed by atoms with Gasteiger partial charge in [0.15, 0.2) is 24.3 Å². The molecule has 1 spiro atoms. The molecule has 35 heavy (non-hydrogen) atoms. The van der Waals surface area contributed by atoms with E-state index in [9.17, 15) is 40.7 Å². The fourth-order valence-electron chi connectivity index (χ4n) is 4.46. The Hall–Kier alpha value is -2.39. The third kappa shape index (κ3) is 4.85. The lowest BCUT2D eigenvalue weighted by molar-refractivity contribution is -0.315. The van der Waals surface area contributed by atoms with Gasteiger partial charge in [0.2, 0.25) is 6.10 Å². The van der Waals surface area contributed by atoms with Crippen LogP contribution in [0.2, 0.25) is 0 Å². The van der Waals surface area contributed by atoms with Crippen LogP contribution in [0.25, 0.3) is 0 Å². The van der Waals surface area contributed by atoms with E-state index in [1.807, 2.05) is 0 Å². The molecule has 0 aromatic rings. The summed E-state index contributed by atoms with van der Waals surface area (Å²) < 4.78 is 107. The van der Waals surface area contributed by atoms with Gasteiger partial charge in [-0.1, -0.05) is 6.58 Å². The maximum Gasteiger partial charge on any atom is 0.434 e. The molecule has 4 rings (SSSR count). The van der Waals surface area contributed by atoms with Crippen LogP contribution >= 0.6 is 0 Å². The summed E-state index contributed by atoms with van der Waals surface area (Å²) >= 11 is 0. The molecule has 4 aliphatic rings. The van der Waals surface area contributed by atoms with E-state index < -0.39 is 78.8 Å². The Morgan fingerprint density at radius 3 is 2.17 bits per heavy atom. The Labute approximate surface area is 193 Å². The number of fused-ring (bicyclic) bond motifs is 3. The van der Waals surface area contributed by atoms with Gasteiger partial charge >= 0.3 is 30.3 Å². The molecule has 5 atom stereocenters. The van der Waals surface area contributed by atoms with Gasteiger partial charge in [-0.3, -0.25) is 4.79 Å². The minimum Gasteiger partial charge on any atom is -0.454 e. The third-order valence-electron chi connectivity index (χ3n) is 6.16. The van der Waals surface area contributed by atoms with Gasteiger partial charge in [-0.05, 0) is 19.8 Å². The van der Waals surface area contributed by atoms with Crippen molar-refractivity contribution in [3.63, 3.8) is 0 Å².